The van der Waals surface area contributed by atoms with E-state index in [1.807, 2.05) is 0 Å². The van der Waals surface area contributed by atoms with Gasteiger partial charge in [-0.15, -0.1) is 0 Å². The van der Waals surface area contributed by atoms with Gasteiger partial charge in [-0.3, -0.25) is 9.53 Å². The molecule has 0 aromatic carbocycles. The second-order valence-electron chi connectivity index (χ2n) is 6.61. The second-order valence-corrected chi connectivity index (χ2v) is 6.61. The van der Waals surface area contributed by atoms with Crippen LogP contribution in [-0.4, -0.2) is 69.0 Å². The number of halogens is 10. The molecule has 1 atom stereocenters. The summed E-state index contributed by atoms with van der Waals surface area (Å²) in [6, 6.07) is 0. The highest BCUT2D eigenvalue weighted by Gasteiger charge is 2.54. The van der Waals surface area contributed by atoms with Crippen molar-refractivity contribution in [2.75, 3.05) is 26.9 Å². The van der Waals surface area contributed by atoms with Crippen molar-refractivity contribution in [2.45, 2.75) is 61.8 Å². The number of methoxy groups -OCH3 is 1. The lowest BCUT2D eigenvalue weighted by atomic mass is 9.91. The number of ether oxygens (including phenoxy) is 4. The molecule has 0 heterocycles. The first-order chi connectivity index (χ1) is 13.4. The first-order valence-corrected chi connectivity index (χ1v) is 8.24. The first-order valence-electron chi connectivity index (χ1n) is 8.24. The Kier molecular flexibility index (Phi) is 8.38. The standard InChI is InChI=1S/C15H18F10O5/c1-27-10(26)4-11(16,17)6-28-8-15(24,25)30-14(22,23)5-12(18,19)7-29-9-2-3-13(9,20)21/h9H,2-8H2,1H3. The van der Waals surface area contributed by atoms with Gasteiger partial charge in [-0.25, -0.2) is 26.3 Å². The van der Waals surface area contributed by atoms with Gasteiger partial charge in [-0.2, -0.15) is 17.6 Å². The maximum Gasteiger partial charge on any atom is 0.383 e. The minimum absolute atomic E-state index is 0.286. The molecule has 1 rings (SSSR count). The summed E-state index contributed by atoms with van der Waals surface area (Å²) in [5.41, 5.74) is 0. The Hall–Kier alpha value is -1.35. The van der Waals surface area contributed by atoms with Gasteiger partial charge in [0.2, 0.25) is 0 Å². The van der Waals surface area contributed by atoms with Crippen molar-refractivity contribution in [3.8, 4) is 0 Å². The SMILES string of the molecule is COC(=O)CC(F)(F)COCC(F)(F)OC(F)(F)CC(F)(F)COC1CCC1(F)F. The topological polar surface area (TPSA) is 54.0 Å². The van der Waals surface area contributed by atoms with Crippen molar-refractivity contribution in [3.63, 3.8) is 0 Å². The summed E-state index contributed by atoms with van der Waals surface area (Å²) in [6.07, 6.45) is -17.2. The molecule has 0 spiro atoms. The molecule has 1 saturated carbocycles. The van der Waals surface area contributed by atoms with Gasteiger partial charge in [0, 0.05) is 6.42 Å². The third kappa shape index (κ3) is 9.20. The molecular formula is C15H18F10O5. The average Bonchev–Trinajstić information content (AvgIpc) is 2.50. The van der Waals surface area contributed by atoms with Gasteiger partial charge in [0.25, 0.3) is 17.8 Å². The van der Waals surface area contributed by atoms with Gasteiger partial charge < -0.3 is 14.2 Å². The van der Waals surface area contributed by atoms with E-state index in [0.717, 1.165) is 7.11 Å². The summed E-state index contributed by atoms with van der Waals surface area (Å²) < 4.78 is 148. The van der Waals surface area contributed by atoms with Crippen molar-refractivity contribution in [1.82, 2.24) is 0 Å². The minimum atomic E-state index is -5.18. The predicted molar refractivity (Wildman–Crippen MR) is 76.9 cm³/mol. The van der Waals surface area contributed by atoms with Crippen LogP contribution in [-0.2, 0) is 23.7 Å². The zero-order valence-electron chi connectivity index (χ0n) is 15.3. The molecule has 0 aliphatic heterocycles. The Labute approximate surface area is 163 Å². The minimum Gasteiger partial charge on any atom is -0.469 e. The van der Waals surface area contributed by atoms with Crippen LogP contribution in [0, 0.1) is 0 Å². The monoisotopic (exact) mass is 468 g/mol. The third-order valence-electron chi connectivity index (χ3n) is 3.68. The molecule has 30 heavy (non-hydrogen) atoms. The fourth-order valence-electron chi connectivity index (χ4n) is 2.20. The zero-order chi connectivity index (χ0) is 23.4. The molecular weight excluding hydrogens is 450 g/mol. The smallest absolute Gasteiger partial charge is 0.383 e. The number of hydrogen-bond donors (Lipinski definition) is 0. The summed E-state index contributed by atoms with van der Waals surface area (Å²) in [7, 11) is 0.780. The van der Waals surface area contributed by atoms with E-state index in [1.54, 1.807) is 0 Å². The molecule has 0 bridgehead atoms. The van der Waals surface area contributed by atoms with Crippen LogP contribution < -0.4 is 0 Å². The van der Waals surface area contributed by atoms with Crippen LogP contribution in [0.15, 0.2) is 0 Å². The van der Waals surface area contributed by atoms with Crippen LogP contribution >= 0.6 is 0 Å². The van der Waals surface area contributed by atoms with Gasteiger partial charge >= 0.3 is 18.2 Å². The van der Waals surface area contributed by atoms with Gasteiger partial charge in [-0.1, -0.05) is 0 Å². The van der Waals surface area contributed by atoms with E-state index in [9.17, 15) is 48.7 Å². The summed E-state index contributed by atoms with van der Waals surface area (Å²) in [5, 5.41) is 0. The number of rotatable bonds is 13. The van der Waals surface area contributed by atoms with Crippen molar-refractivity contribution in [2.24, 2.45) is 0 Å². The van der Waals surface area contributed by atoms with Gasteiger partial charge in [-0.05, 0) is 6.42 Å². The molecule has 178 valence electrons. The maximum atomic E-state index is 13.5. The van der Waals surface area contributed by atoms with Crippen LogP contribution in [0.2, 0.25) is 0 Å². The quantitative estimate of drug-likeness (QED) is 0.299. The molecule has 0 aromatic heterocycles. The largest absolute Gasteiger partial charge is 0.469 e. The predicted octanol–water partition coefficient (Wildman–Crippen LogP) is 4.24. The number of hydrogen-bond acceptors (Lipinski definition) is 5. The van der Waals surface area contributed by atoms with Crippen molar-refractivity contribution in [1.29, 1.82) is 0 Å². The lowest BCUT2D eigenvalue weighted by Gasteiger charge is -2.36. The van der Waals surface area contributed by atoms with Crippen LogP contribution in [0.4, 0.5) is 43.9 Å². The van der Waals surface area contributed by atoms with Crippen LogP contribution in [0.1, 0.15) is 25.7 Å². The molecule has 1 unspecified atom stereocenters. The second kappa shape index (κ2) is 9.42. The van der Waals surface area contributed by atoms with E-state index in [0.29, 0.717) is 0 Å². The average molecular weight is 468 g/mol. The van der Waals surface area contributed by atoms with Crippen LogP contribution in [0.3, 0.4) is 0 Å². The van der Waals surface area contributed by atoms with Gasteiger partial charge in [0.05, 0.1) is 7.11 Å². The number of carbonyl (C=O) groups excluding carboxylic acids is 1. The molecule has 0 N–H and O–H groups in total. The Morgan fingerprint density at radius 2 is 1.53 bits per heavy atom. The van der Waals surface area contributed by atoms with Crippen molar-refractivity contribution in [3.05, 3.63) is 0 Å². The molecule has 0 radical (unpaired) electrons. The molecule has 1 fully saturated rings. The molecule has 15 heteroatoms. The molecule has 1 aliphatic rings. The molecule has 0 saturated heterocycles. The van der Waals surface area contributed by atoms with Crippen molar-refractivity contribution >= 4 is 5.97 Å². The van der Waals surface area contributed by atoms with E-state index >= 15 is 0 Å². The molecule has 5 nitrogen and oxygen atoms in total. The zero-order valence-corrected chi connectivity index (χ0v) is 15.3. The van der Waals surface area contributed by atoms with E-state index in [1.165, 1.54) is 0 Å². The van der Waals surface area contributed by atoms with Gasteiger partial charge in [0.1, 0.15) is 38.8 Å². The van der Waals surface area contributed by atoms with E-state index in [-0.39, 0.29) is 6.42 Å². The highest BCUT2D eigenvalue weighted by Crippen LogP contribution is 2.42. The fraction of sp³-hybridized carbons (Fsp3) is 0.933. The Balaban J connectivity index is 2.50. The summed E-state index contributed by atoms with van der Waals surface area (Å²) >= 11 is 0. The Morgan fingerprint density at radius 1 is 0.933 bits per heavy atom. The summed E-state index contributed by atoms with van der Waals surface area (Å²) in [6.45, 7) is -5.87. The highest BCUT2D eigenvalue weighted by molar-refractivity contribution is 5.70. The van der Waals surface area contributed by atoms with E-state index < -0.39 is 81.1 Å². The lowest BCUT2D eigenvalue weighted by Crippen LogP contribution is -2.48. The van der Waals surface area contributed by atoms with Crippen LogP contribution in [0.25, 0.3) is 0 Å². The number of carbonyl (C=O) groups is 1. The van der Waals surface area contributed by atoms with Crippen LogP contribution in [0.5, 0.6) is 0 Å². The Bertz CT molecular complexity index is 584. The lowest BCUT2D eigenvalue weighted by molar-refractivity contribution is -0.397. The summed E-state index contributed by atoms with van der Waals surface area (Å²) in [5.74, 6) is -13.3. The normalized spacial score (nSPS) is 20.0. The maximum absolute atomic E-state index is 13.5. The highest BCUT2D eigenvalue weighted by atomic mass is 19.3. The number of alkyl halides is 10. The van der Waals surface area contributed by atoms with Crippen molar-refractivity contribution < 1.29 is 67.6 Å². The summed E-state index contributed by atoms with van der Waals surface area (Å²) in [4.78, 5) is 10.7. The fourth-order valence-corrected chi connectivity index (χ4v) is 2.20. The third-order valence-corrected chi connectivity index (χ3v) is 3.68. The molecule has 1 aliphatic carbocycles. The van der Waals surface area contributed by atoms with E-state index in [4.69, 9.17) is 0 Å². The first kappa shape index (κ1) is 26.7. The Morgan fingerprint density at radius 3 is 2.00 bits per heavy atom. The van der Waals surface area contributed by atoms with E-state index in [2.05, 4.69) is 18.9 Å². The molecule has 0 aromatic rings. The van der Waals surface area contributed by atoms with Gasteiger partial charge in [0.15, 0.2) is 0 Å². The molecule has 0 amide bonds. The number of esters is 1.